The van der Waals surface area contributed by atoms with E-state index >= 15 is 0 Å². The van der Waals surface area contributed by atoms with Crippen molar-refractivity contribution in [2.24, 2.45) is 10.9 Å². The molecule has 6 nitrogen and oxygen atoms in total. The van der Waals surface area contributed by atoms with Crippen LogP contribution in [-0.2, 0) is 9.47 Å². The summed E-state index contributed by atoms with van der Waals surface area (Å²) in [6.45, 7) is 5.59. The summed E-state index contributed by atoms with van der Waals surface area (Å²) in [6.07, 6.45) is 2.02. The molecule has 160 valence electrons. The van der Waals surface area contributed by atoms with E-state index < -0.39 is 0 Å². The van der Waals surface area contributed by atoms with Gasteiger partial charge in [-0.1, -0.05) is 12.1 Å². The monoisotopic (exact) mass is 508 g/mol. The van der Waals surface area contributed by atoms with Gasteiger partial charge in [0.15, 0.2) is 5.96 Å². The molecule has 2 rings (SSSR count). The smallest absolute Gasteiger partial charge is 0.193 e. The van der Waals surface area contributed by atoms with E-state index in [1.54, 1.807) is 19.2 Å². The number of guanidine groups is 1. The van der Waals surface area contributed by atoms with E-state index in [2.05, 4.69) is 15.2 Å². The molecule has 1 aromatic rings. The van der Waals surface area contributed by atoms with Crippen LogP contribution in [0, 0.1) is 11.7 Å². The minimum atomic E-state index is -0.181. The summed E-state index contributed by atoms with van der Waals surface area (Å²) in [5.74, 6) is 1.29. The molecule has 28 heavy (non-hydrogen) atoms. The van der Waals surface area contributed by atoms with Gasteiger partial charge in [-0.2, -0.15) is 0 Å². The number of aliphatic imine (C=N–C) groups is 1. The second-order valence-electron chi connectivity index (χ2n) is 6.87. The molecule has 0 spiro atoms. The lowest BCUT2D eigenvalue weighted by Crippen LogP contribution is -2.41. The van der Waals surface area contributed by atoms with Crippen LogP contribution >= 0.6 is 24.0 Å². The van der Waals surface area contributed by atoms with Gasteiger partial charge >= 0.3 is 0 Å². The summed E-state index contributed by atoms with van der Waals surface area (Å²) in [5, 5.41) is 3.42. The van der Waals surface area contributed by atoms with Gasteiger partial charge in [-0.3, -0.25) is 4.99 Å². The number of halogens is 2. The van der Waals surface area contributed by atoms with Gasteiger partial charge in [-0.15, -0.1) is 24.0 Å². The number of nitrogens with one attached hydrogen (secondary N) is 1. The molecule has 1 atom stereocenters. The molecule has 1 aromatic carbocycles. The van der Waals surface area contributed by atoms with Gasteiger partial charge in [0.2, 0.25) is 0 Å². The maximum absolute atomic E-state index is 13.8. The Balaban J connectivity index is 0.00000392. The molecular weight excluding hydrogens is 474 g/mol. The van der Waals surface area contributed by atoms with E-state index in [1.807, 2.05) is 25.1 Å². The first-order valence-corrected chi connectivity index (χ1v) is 9.63. The number of para-hydroxylation sites is 1. The molecule has 1 N–H and O–H groups in total. The quantitative estimate of drug-likeness (QED) is 0.228. The van der Waals surface area contributed by atoms with Crippen LogP contribution in [-0.4, -0.2) is 78.1 Å². The number of rotatable bonds is 10. The zero-order valence-electron chi connectivity index (χ0n) is 17.2. The molecule has 0 bridgehead atoms. The predicted molar refractivity (Wildman–Crippen MR) is 123 cm³/mol. The van der Waals surface area contributed by atoms with Crippen LogP contribution in [0.4, 0.5) is 10.1 Å². The molecule has 0 aromatic heterocycles. The van der Waals surface area contributed by atoms with Crippen molar-refractivity contribution in [1.82, 2.24) is 10.2 Å². The number of methoxy groups -OCH3 is 1. The first kappa shape index (κ1) is 24.9. The summed E-state index contributed by atoms with van der Waals surface area (Å²) in [5.41, 5.74) is 0.637. The Morgan fingerprint density at radius 2 is 2.14 bits per heavy atom. The van der Waals surface area contributed by atoms with Gasteiger partial charge in [0.1, 0.15) is 5.82 Å². The Labute approximate surface area is 185 Å². The Morgan fingerprint density at radius 3 is 2.86 bits per heavy atom. The summed E-state index contributed by atoms with van der Waals surface area (Å²) in [6, 6.07) is 6.87. The second-order valence-corrected chi connectivity index (χ2v) is 6.87. The van der Waals surface area contributed by atoms with Crippen molar-refractivity contribution < 1.29 is 13.9 Å². The van der Waals surface area contributed by atoms with Crippen molar-refractivity contribution in [3.05, 3.63) is 30.1 Å². The lowest BCUT2D eigenvalue weighted by Gasteiger charge is -2.23. The van der Waals surface area contributed by atoms with Gasteiger partial charge in [0.05, 0.1) is 25.5 Å². The van der Waals surface area contributed by atoms with Crippen molar-refractivity contribution in [2.45, 2.75) is 12.8 Å². The van der Waals surface area contributed by atoms with E-state index in [-0.39, 0.29) is 29.8 Å². The van der Waals surface area contributed by atoms with Gasteiger partial charge in [-0.25, -0.2) is 4.39 Å². The highest BCUT2D eigenvalue weighted by atomic mass is 127. The minimum Gasteiger partial charge on any atom is -0.382 e. The number of hydrogen-bond acceptors (Lipinski definition) is 4. The summed E-state index contributed by atoms with van der Waals surface area (Å²) < 4.78 is 24.5. The van der Waals surface area contributed by atoms with E-state index in [0.29, 0.717) is 24.8 Å². The number of hydrogen-bond donors (Lipinski definition) is 1. The molecule has 1 aliphatic heterocycles. The molecule has 1 fully saturated rings. The van der Waals surface area contributed by atoms with E-state index in [1.165, 1.54) is 6.07 Å². The van der Waals surface area contributed by atoms with Crippen LogP contribution in [0.5, 0.6) is 0 Å². The van der Waals surface area contributed by atoms with Gasteiger partial charge < -0.3 is 24.6 Å². The fraction of sp³-hybridized carbons (Fsp3) is 0.650. The minimum absolute atomic E-state index is 0. The SMILES string of the molecule is CN=C(NCCCN(C)c1ccccc1F)N1CCC(COCCOC)C1.I. The van der Waals surface area contributed by atoms with Crippen molar-refractivity contribution in [1.29, 1.82) is 0 Å². The second kappa shape index (κ2) is 13.9. The van der Waals surface area contributed by atoms with Gasteiger partial charge in [0.25, 0.3) is 0 Å². The molecule has 8 heteroatoms. The third-order valence-corrected chi connectivity index (χ3v) is 4.80. The number of anilines is 1. The molecule has 0 amide bonds. The van der Waals surface area contributed by atoms with Crippen molar-refractivity contribution in [3.63, 3.8) is 0 Å². The number of nitrogens with zero attached hydrogens (tertiary/aromatic N) is 3. The topological polar surface area (TPSA) is 49.3 Å². The van der Waals surface area contributed by atoms with Crippen LogP contribution in [0.2, 0.25) is 0 Å². The van der Waals surface area contributed by atoms with Crippen LogP contribution in [0.25, 0.3) is 0 Å². The first-order valence-electron chi connectivity index (χ1n) is 9.63. The molecular formula is C20H34FIN4O2. The molecule has 0 aliphatic carbocycles. The zero-order valence-corrected chi connectivity index (χ0v) is 19.5. The fourth-order valence-corrected chi connectivity index (χ4v) is 3.28. The van der Waals surface area contributed by atoms with Gasteiger partial charge in [0, 0.05) is 53.3 Å². The summed E-state index contributed by atoms with van der Waals surface area (Å²) in [7, 11) is 5.42. The average Bonchev–Trinajstić information content (AvgIpc) is 3.14. The molecule has 1 saturated heterocycles. The zero-order chi connectivity index (χ0) is 19.5. The first-order chi connectivity index (χ1) is 13.2. The number of ether oxygens (including phenoxy) is 2. The molecule has 0 saturated carbocycles. The van der Waals surface area contributed by atoms with Crippen LogP contribution in [0.1, 0.15) is 12.8 Å². The van der Waals surface area contributed by atoms with Crippen molar-refractivity contribution in [2.75, 3.05) is 72.1 Å². The highest BCUT2D eigenvalue weighted by molar-refractivity contribution is 14.0. The van der Waals surface area contributed by atoms with Crippen LogP contribution < -0.4 is 10.2 Å². The summed E-state index contributed by atoms with van der Waals surface area (Å²) >= 11 is 0. The number of benzene rings is 1. The average molecular weight is 508 g/mol. The van der Waals surface area contributed by atoms with E-state index in [0.717, 1.165) is 51.6 Å². The Morgan fingerprint density at radius 1 is 1.36 bits per heavy atom. The molecule has 0 radical (unpaired) electrons. The normalized spacial score (nSPS) is 16.8. The fourth-order valence-electron chi connectivity index (χ4n) is 3.28. The highest BCUT2D eigenvalue weighted by Crippen LogP contribution is 2.18. The third kappa shape index (κ3) is 8.08. The lowest BCUT2D eigenvalue weighted by atomic mass is 10.1. The Kier molecular flexibility index (Phi) is 12.4. The van der Waals surface area contributed by atoms with E-state index in [4.69, 9.17) is 9.47 Å². The third-order valence-electron chi connectivity index (χ3n) is 4.80. The highest BCUT2D eigenvalue weighted by Gasteiger charge is 2.24. The van der Waals surface area contributed by atoms with Crippen molar-refractivity contribution >= 4 is 35.6 Å². The van der Waals surface area contributed by atoms with Crippen LogP contribution in [0.3, 0.4) is 0 Å². The van der Waals surface area contributed by atoms with Crippen LogP contribution in [0.15, 0.2) is 29.3 Å². The molecule has 1 unspecified atom stereocenters. The molecule has 1 aliphatic rings. The molecule has 1 heterocycles. The number of likely N-dealkylation sites (tertiary alicyclic amines) is 1. The van der Waals surface area contributed by atoms with E-state index in [9.17, 15) is 4.39 Å². The van der Waals surface area contributed by atoms with Gasteiger partial charge in [-0.05, 0) is 25.0 Å². The maximum Gasteiger partial charge on any atom is 0.193 e. The Hall–Kier alpha value is -1.13. The van der Waals surface area contributed by atoms with Crippen molar-refractivity contribution in [3.8, 4) is 0 Å². The predicted octanol–water partition coefficient (Wildman–Crippen LogP) is 2.83. The standard InChI is InChI=1S/C20H33FN4O2.HI/c1-22-20(25-12-9-17(15-25)16-27-14-13-26-3)23-10-6-11-24(2)19-8-5-4-7-18(19)21;/h4-5,7-8,17H,6,9-16H2,1-3H3,(H,22,23);1H. The largest absolute Gasteiger partial charge is 0.382 e. The lowest BCUT2D eigenvalue weighted by molar-refractivity contribution is 0.0536. The summed E-state index contributed by atoms with van der Waals surface area (Å²) in [4.78, 5) is 8.63. The maximum atomic E-state index is 13.8. The Bertz CT molecular complexity index is 591.